The van der Waals surface area contributed by atoms with E-state index in [1.54, 1.807) is 65.5 Å². The van der Waals surface area contributed by atoms with Crippen molar-refractivity contribution in [2.45, 2.75) is 19.5 Å². The molecule has 0 amide bonds. The van der Waals surface area contributed by atoms with Crippen LogP contribution >= 0.6 is 22.7 Å². The van der Waals surface area contributed by atoms with Crippen LogP contribution in [0.1, 0.15) is 34.4 Å². The van der Waals surface area contributed by atoms with Gasteiger partial charge in [-0.3, -0.25) is 24.9 Å². The molecule has 1 N–H and O–H groups in total. The summed E-state index contributed by atoms with van der Waals surface area (Å²) in [6.07, 6.45) is 7.24. The second-order valence-corrected chi connectivity index (χ2v) is 27.2. The summed E-state index contributed by atoms with van der Waals surface area (Å²) in [6.45, 7) is 3.54. The Hall–Kier alpha value is -11.6. The summed E-state index contributed by atoms with van der Waals surface area (Å²) >= 11 is 3.22. The SMILES string of the molecule is CC(F)(c1cccc(-c2[c-]c3ccccc3s2)n1)c1cccc(-c2[c-]c3ccccc3s2)n1.Cc1ccc(-c2cc(C(=O)O)nc(-c3[c-]cccc3)c2)cc1.[Ir].[Pt+2].[Pt+2].[c-]1c(-c2ccccn2)cccc1-c1nccc2ccccc12.[c-]1c(-c2ccccn2)cccc1N(c1[c-]c(-c2ccccn2)ccc1)c1ccccc1. The van der Waals surface area contributed by atoms with Crippen molar-refractivity contribution in [3.05, 3.63) is 399 Å². The summed E-state index contributed by atoms with van der Waals surface area (Å²) < 4.78 is 18.5. The van der Waals surface area contributed by atoms with Crippen LogP contribution in [0.5, 0.6) is 0 Å². The molecule has 0 aliphatic rings. The van der Waals surface area contributed by atoms with Gasteiger partial charge in [0.25, 0.3) is 0 Å². The number of rotatable bonds is 14. The third kappa shape index (κ3) is 19.0. The van der Waals surface area contributed by atoms with Crippen molar-refractivity contribution in [3.8, 4) is 88.6 Å². The molecule has 0 atom stereocenters. The van der Waals surface area contributed by atoms with E-state index in [9.17, 15) is 9.90 Å². The van der Waals surface area contributed by atoms with Gasteiger partial charge in [0.05, 0.1) is 11.4 Å². The van der Waals surface area contributed by atoms with E-state index >= 15 is 4.39 Å². The monoisotopic (exact) mass is 2010 g/mol. The number of aromatic nitrogens is 7. The van der Waals surface area contributed by atoms with Crippen molar-refractivity contribution in [3.63, 3.8) is 0 Å². The minimum absolute atomic E-state index is 0. The van der Waals surface area contributed by atoms with Crippen LogP contribution in [0.15, 0.2) is 340 Å². The average molecular weight is 2010 g/mol. The number of pyridine rings is 7. The molecule has 1 radical (unpaired) electrons. The smallest absolute Gasteiger partial charge is 0.477 e. The predicted molar refractivity (Wildman–Crippen MR) is 435 cm³/mol. The number of carbonyl (C=O) groups is 1. The van der Waals surface area contributed by atoms with E-state index in [-0.39, 0.29) is 67.9 Å². The number of halogens is 1. The quantitative estimate of drug-likeness (QED) is 0.105. The third-order valence-electron chi connectivity index (χ3n) is 17.6. The fraction of sp³-hybridized carbons (Fsp3) is 0.0316. The Morgan fingerprint density at radius 2 is 0.892 bits per heavy atom. The first-order valence-corrected chi connectivity index (χ1v) is 36.4. The standard InChI is InChI=1S/C28H17FN2S2.C28H19N3.C20H13N2.C19H14NO2.Ir.2Pt/c1-28(29,26-14-6-10-20(30-26)24-16-18-8-2-4-12-22(18)32-24)27-15-7-11-21(31-27)25-17-19-9-3-5-13-23(19)33-25;1-2-12-24(13-3-1)31(25-14-8-10-22(20-25)27-16-4-6-18-29-27)26-15-9-11-23(21-26)28-17-5-7-19-30-28;1-2-9-18-15(6-1)11-13-22-20(18)17-8-5-7-16(14-17)19-10-3-4-12-21-19;1-13-7-9-14(10-8-13)16-11-17(15-5-3-2-4-6-15)20-18(12-16)19(21)22;;;/h2-15H,1H3;1-19H;1-13H;2-5,7-12H,1H3,(H,21,22);;;/q2*-2;2*-1;;2*+2. The Morgan fingerprint density at radius 1 is 0.414 bits per heavy atom. The van der Waals surface area contributed by atoms with Crippen molar-refractivity contribution in [1.29, 1.82) is 0 Å². The summed E-state index contributed by atoms with van der Waals surface area (Å²) in [4.78, 5) is 46.8. The second kappa shape index (κ2) is 37.2. The number of nitrogens with zero attached hydrogens (tertiary/aromatic N) is 8. The van der Waals surface area contributed by atoms with Gasteiger partial charge in [-0.25, -0.2) is 31.9 Å². The van der Waals surface area contributed by atoms with Crippen LogP contribution in [0.2, 0.25) is 0 Å². The zero-order valence-electron chi connectivity index (χ0n) is 59.4. The molecule has 0 saturated carbocycles. The molecule has 0 saturated heterocycles. The molecular weight excluding hydrogens is 1950 g/mol. The Kier molecular flexibility index (Phi) is 26.5. The number of carboxylic acid groups (broad SMARTS) is 1. The molecule has 16 heteroatoms. The zero-order valence-corrected chi connectivity index (χ0v) is 68.0. The van der Waals surface area contributed by atoms with Crippen LogP contribution in [0.4, 0.5) is 21.5 Å². The normalized spacial score (nSPS) is 10.7. The van der Waals surface area contributed by atoms with E-state index in [0.717, 1.165) is 120 Å². The van der Waals surface area contributed by atoms with Crippen LogP contribution in [-0.2, 0) is 67.9 Å². The van der Waals surface area contributed by atoms with Crippen LogP contribution in [0.25, 0.3) is 120 Å². The number of hydrogen-bond donors (Lipinski definition) is 1. The van der Waals surface area contributed by atoms with Gasteiger partial charge in [0.1, 0.15) is 5.69 Å². The Balaban J connectivity index is 0.000000138. The Morgan fingerprint density at radius 3 is 1.42 bits per heavy atom. The molecule has 9 aromatic heterocycles. The third-order valence-corrected chi connectivity index (χ3v) is 19.8. The van der Waals surface area contributed by atoms with Gasteiger partial charge in [-0.2, -0.15) is 0 Å². The summed E-state index contributed by atoms with van der Waals surface area (Å²) in [5.41, 5.74) is 15.0. The maximum atomic E-state index is 16.2. The van der Waals surface area contributed by atoms with Gasteiger partial charge < -0.3 is 20.0 Å². The first kappa shape index (κ1) is 79.0. The van der Waals surface area contributed by atoms with Crippen LogP contribution in [0, 0.1) is 43.3 Å². The van der Waals surface area contributed by atoms with Crippen LogP contribution in [0.3, 0.4) is 0 Å². The molecule has 545 valence electrons. The molecule has 10 nitrogen and oxygen atoms in total. The zero-order chi connectivity index (χ0) is 73.6. The number of alkyl halides is 1. The molecule has 9 heterocycles. The van der Waals surface area contributed by atoms with Gasteiger partial charge >= 0.3 is 48.1 Å². The summed E-state index contributed by atoms with van der Waals surface area (Å²) in [7, 11) is 0. The van der Waals surface area contributed by atoms with Crippen molar-refractivity contribution in [1.82, 2.24) is 34.9 Å². The van der Waals surface area contributed by atoms with Gasteiger partial charge in [0, 0.05) is 73.4 Å². The van der Waals surface area contributed by atoms with Gasteiger partial charge in [-0.1, -0.05) is 174 Å². The van der Waals surface area contributed by atoms with Crippen LogP contribution < -0.4 is 4.90 Å². The molecule has 0 aliphatic carbocycles. The number of carboxylic acids is 1. The van der Waals surface area contributed by atoms with Crippen molar-refractivity contribution in [2.75, 3.05) is 4.90 Å². The molecule has 0 bridgehead atoms. The number of hydrogen-bond acceptors (Lipinski definition) is 11. The first-order valence-electron chi connectivity index (χ1n) is 34.8. The molecule has 0 spiro atoms. The number of aromatic carboxylic acids is 1. The summed E-state index contributed by atoms with van der Waals surface area (Å²) in [5.74, 6) is -1.04. The van der Waals surface area contributed by atoms with Crippen molar-refractivity contribution >= 4 is 76.6 Å². The molecule has 0 unspecified atom stereocenters. The molecule has 0 fully saturated rings. The first-order chi connectivity index (χ1) is 53.0. The summed E-state index contributed by atoms with van der Waals surface area (Å²) in [6, 6.07) is 123. The van der Waals surface area contributed by atoms with E-state index in [0.29, 0.717) is 28.5 Å². The van der Waals surface area contributed by atoms with E-state index in [2.05, 4.69) is 125 Å². The minimum Gasteiger partial charge on any atom is -0.477 e. The van der Waals surface area contributed by atoms with Crippen LogP contribution in [-0.4, -0.2) is 46.0 Å². The maximum Gasteiger partial charge on any atom is 2.00 e. The van der Waals surface area contributed by atoms with E-state index in [1.165, 1.54) is 12.3 Å². The molecule has 18 aromatic rings. The fourth-order valence-corrected chi connectivity index (χ4v) is 14.2. The van der Waals surface area contributed by atoms with Gasteiger partial charge in [0.2, 0.25) is 0 Å². The Labute approximate surface area is 694 Å². The van der Waals surface area contributed by atoms with E-state index in [4.69, 9.17) is 0 Å². The molecular formula is C95H63FIrN8O2Pt2S2-2. The second-order valence-electron chi connectivity index (χ2n) is 25.1. The minimum atomic E-state index is -1.85. The van der Waals surface area contributed by atoms with Gasteiger partial charge in [-0.05, 0) is 138 Å². The summed E-state index contributed by atoms with van der Waals surface area (Å²) in [5, 5.41) is 13.7. The van der Waals surface area contributed by atoms with Crippen molar-refractivity contribution < 1.29 is 76.5 Å². The number of benzene rings is 9. The Bertz CT molecular complexity index is 5850. The number of thiophene rings is 2. The number of fused-ring (bicyclic) bond motifs is 3. The molecule has 0 aliphatic heterocycles. The largest absolute Gasteiger partial charge is 2.00 e. The topological polar surface area (TPSA) is 131 Å². The fourth-order valence-electron chi connectivity index (χ4n) is 12.2. The van der Waals surface area contributed by atoms with E-state index < -0.39 is 11.6 Å². The molecule has 9 aromatic carbocycles. The number of anilines is 3. The van der Waals surface area contributed by atoms with Gasteiger partial charge in [0.15, 0.2) is 5.67 Å². The van der Waals surface area contributed by atoms with Crippen molar-refractivity contribution in [2.24, 2.45) is 0 Å². The molecule has 111 heavy (non-hydrogen) atoms. The predicted octanol–water partition coefficient (Wildman–Crippen LogP) is 23.9. The van der Waals surface area contributed by atoms with E-state index in [1.807, 2.05) is 256 Å². The maximum absolute atomic E-state index is 16.2. The average Bonchev–Trinajstić information content (AvgIpc) is 1.78. The number of para-hydroxylation sites is 1. The molecule has 18 rings (SSSR count). The number of aryl methyl sites for hydroxylation is 1. The van der Waals surface area contributed by atoms with Gasteiger partial charge in [-0.15, -0.1) is 167 Å².